The average molecular weight is 395 g/mol. The number of rotatable bonds is 5. The van der Waals surface area contributed by atoms with Crippen molar-refractivity contribution < 1.29 is 8.42 Å². The van der Waals surface area contributed by atoms with Gasteiger partial charge in [0.1, 0.15) is 11.6 Å². The Hall–Kier alpha value is -2.84. The summed E-state index contributed by atoms with van der Waals surface area (Å²) in [6, 6.07) is 14.3. The van der Waals surface area contributed by atoms with Gasteiger partial charge < -0.3 is 5.32 Å². The number of pyridine rings is 1. The Morgan fingerprint density at radius 3 is 2.64 bits per heavy atom. The lowest BCUT2D eigenvalue weighted by molar-refractivity contribution is 0.313. The highest BCUT2D eigenvalue weighted by atomic mass is 32.2. The van der Waals surface area contributed by atoms with Crippen LogP contribution < -0.4 is 5.32 Å². The molecule has 3 heterocycles. The zero-order chi connectivity index (χ0) is 19.4. The summed E-state index contributed by atoms with van der Waals surface area (Å²) in [5.41, 5.74) is 0.877. The van der Waals surface area contributed by atoms with E-state index in [1.165, 1.54) is 0 Å². The molecule has 1 saturated heterocycles. The maximum atomic E-state index is 13.0. The van der Waals surface area contributed by atoms with Gasteiger partial charge in [0.25, 0.3) is 0 Å². The zero-order valence-corrected chi connectivity index (χ0v) is 16.1. The molecule has 1 N–H and O–H groups in total. The monoisotopic (exact) mass is 395 g/mol. The number of hydrogen-bond donors (Lipinski definition) is 1. The number of piperidine rings is 1. The molecular weight excluding hydrogens is 374 g/mol. The van der Waals surface area contributed by atoms with E-state index in [0.717, 1.165) is 18.5 Å². The number of nitrogens with one attached hydrogen (secondary N) is 1. The zero-order valence-electron chi connectivity index (χ0n) is 15.3. The van der Waals surface area contributed by atoms with Crippen LogP contribution in [0.25, 0.3) is 0 Å². The fourth-order valence-electron chi connectivity index (χ4n) is 3.39. The van der Waals surface area contributed by atoms with Gasteiger partial charge in [0.05, 0.1) is 11.1 Å². The van der Waals surface area contributed by atoms with E-state index in [9.17, 15) is 8.42 Å². The lowest BCUT2D eigenvalue weighted by atomic mass is 9.95. The van der Waals surface area contributed by atoms with Crippen LogP contribution in [0.5, 0.6) is 0 Å². The van der Waals surface area contributed by atoms with E-state index in [4.69, 9.17) is 0 Å². The van der Waals surface area contributed by atoms with Gasteiger partial charge in [-0.15, -0.1) is 0 Å². The topological polar surface area (TPSA) is 88.1 Å². The van der Waals surface area contributed by atoms with Gasteiger partial charge >= 0.3 is 0 Å². The van der Waals surface area contributed by atoms with Crippen LogP contribution >= 0.6 is 0 Å². The molecule has 1 aliphatic heterocycles. The maximum absolute atomic E-state index is 13.0. The predicted octanol–water partition coefficient (Wildman–Crippen LogP) is 3.18. The molecule has 28 heavy (non-hydrogen) atoms. The lowest BCUT2D eigenvalue weighted by Crippen LogP contribution is -2.39. The smallest absolute Gasteiger partial charge is 0.243 e. The average Bonchev–Trinajstić information content (AvgIpc) is 2.75. The minimum atomic E-state index is -3.49. The van der Waals surface area contributed by atoms with E-state index in [0.29, 0.717) is 29.6 Å². The molecule has 7 nitrogen and oxygen atoms in total. The SMILES string of the molecule is O=S(=O)(c1ccccc1)N1CCCC(c2cccc(Nc3cnccn3)n2)C1. The largest absolute Gasteiger partial charge is 0.324 e. The summed E-state index contributed by atoms with van der Waals surface area (Å²) in [5, 5.41) is 3.13. The second-order valence-electron chi connectivity index (χ2n) is 6.68. The number of nitrogens with zero attached hydrogens (tertiary/aromatic N) is 4. The normalized spacial score (nSPS) is 17.9. The van der Waals surface area contributed by atoms with Crippen LogP contribution in [0.2, 0.25) is 0 Å². The molecule has 1 aromatic carbocycles. The van der Waals surface area contributed by atoms with E-state index in [1.807, 2.05) is 24.3 Å². The first-order chi connectivity index (χ1) is 13.6. The highest BCUT2D eigenvalue weighted by Gasteiger charge is 2.31. The van der Waals surface area contributed by atoms with Gasteiger partial charge in [-0.25, -0.2) is 18.4 Å². The Morgan fingerprint density at radius 1 is 1.00 bits per heavy atom. The Kier molecular flexibility index (Phi) is 5.31. The molecule has 1 aliphatic rings. The van der Waals surface area contributed by atoms with Crippen LogP contribution in [-0.4, -0.2) is 40.8 Å². The lowest BCUT2D eigenvalue weighted by Gasteiger charge is -2.31. The molecule has 0 saturated carbocycles. The molecule has 0 amide bonds. The Labute approximate surface area is 164 Å². The van der Waals surface area contributed by atoms with E-state index in [2.05, 4.69) is 20.3 Å². The first-order valence-electron chi connectivity index (χ1n) is 9.18. The number of sulfonamides is 1. The third kappa shape index (κ3) is 4.02. The minimum absolute atomic E-state index is 0.0517. The van der Waals surface area contributed by atoms with Gasteiger partial charge in [-0.1, -0.05) is 24.3 Å². The molecule has 0 radical (unpaired) electrons. The first-order valence-corrected chi connectivity index (χ1v) is 10.6. The fourth-order valence-corrected chi connectivity index (χ4v) is 4.93. The predicted molar refractivity (Wildman–Crippen MR) is 107 cm³/mol. The number of anilines is 2. The molecular formula is C20H21N5O2S. The van der Waals surface area contributed by atoms with Crippen molar-refractivity contribution in [3.8, 4) is 0 Å². The molecule has 1 fully saturated rings. The Balaban J connectivity index is 1.53. The van der Waals surface area contributed by atoms with Gasteiger partial charge in [-0.05, 0) is 37.1 Å². The summed E-state index contributed by atoms with van der Waals surface area (Å²) in [5.74, 6) is 1.33. The van der Waals surface area contributed by atoms with Crippen molar-refractivity contribution in [3.05, 3.63) is 72.8 Å². The van der Waals surface area contributed by atoms with Crippen molar-refractivity contribution in [2.75, 3.05) is 18.4 Å². The maximum Gasteiger partial charge on any atom is 0.243 e. The van der Waals surface area contributed by atoms with Gasteiger partial charge in [-0.3, -0.25) is 4.98 Å². The molecule has 1 atom stereocenters. The molecule has 4 rings (SSSR count). The summed E-state index contributed by atoms with van der Waals surface area (Å²) < 4.78 is 27.5. The summed E-state index contributed by atoms with van der Waals surface area (Å²) in [7, 11) is -3.49. The fraction of sp³-hybridized carbons (Fsp3) is 0.250. The highest BCUT2D eigenvalue weighted by Crippen LogP contribution is 2.30. The second-order valence-corrected chi connectivity index (χ2v) is 8.62. The van der Waals surface area contributed by atoms with Crippen molar-refractivity contribution in [1.29, 1.82) is 0 Å². The minimum Gasteiger partial charge on any atom is -0.324 e. The highest BCUT2D eigenvalue weighted by molar-refractivity contribution is 7.89. The van der Waals surface area contributed by atoms with Crippen LogP contribution in [0, 0.1) is 0 Å². The van der Waals surface area contributed by atoms with Crippen LogP contribution in [0.4, 0.5) is 11.6 Å². The third-order valence-electron chi connectivity index (χ3n) is 4.77. The van der Waals surface area contributed by atoms with E-state index < -0.39 is 10.0 Å². The van der Waals surface area contributed by atoms with Gasteiger partial charge in [0, 0.05) is 37.1 Å². The summed E-state index contributed by atoms with van der Waals surface area (Å²) in [6.45, 7) is 0.962. The van der Waals surface area contributed by atoms with Gasteiger partial charge in [0.15, 0.2) is 0 Å². The van der Waals surface area contributed by atoms with Crippen molar-refractivity contribution in [2.24, 2.45) is 0 Å². The van der Waals surface area contributed by atoms with Crippen molar-refractivity contribution >= 4 is 21.7 Å². The first kappa shape index (κ1) is 18.5. The molecule has 8 heteroatoms. The molecule has 1 unspecified atom stereocenters. The van der Waals surface area contributed by atoms with Crippen LogP contribution in [-0.2, 0) is 10.0 Å². The van der Waals surface area contributed by atoms with Crippen LogP contribution in [0.1, 0.15) is 24.5 Å². The van der Waals surface area contributed by atoms with Crippen LogP contribution in [0.3, 0.4) is 0 Å². The van der Waals surface area contributed by atoms with Crippen LogP contribution in [0.15, 0.2) is 72.0 Å². The van der Waals surface area contributed by atoms with E-state index >= 15 is 0 Å². The standard InChI is InChI=1S/C20H21N5O2S/c26-28(27,17-7-2-1-3-8-17)25-13-5-6-16(15-25)18-9-4-10-19(23-18)24-20-14-21-11-12-22-20/h1-4,7-12,14,16H,5-6,13,15H2,(H,22,23,24). The van der Waals surface area contributed by atoms with Crippen molar-refractivity contribution in [1.82, 2.24) is 19.3 Å². The molecule has 0 aliphatic carbocycles. The van der Waals surface area contributed by atoms with Crippen molar-refractivity contribution in [3.63, 3.8) is 0 Å². The molecule has 3 aromatic rings. The van der Waals surface area contributed by atoms with Gasteiger partial charge in [0.2, 0.25) is 10.0 Å². The van der Waals surface area contributed by atoms with E-state index in [-0.39, 0.29) is 5.92 Å². The molecule has 0 bridgehead atoms. The summed E-state index contributed by atoms with van der Waals surface area (Å²) in [4.78, 5) is 13.2. The second kappa shape index (κ2) is 8.04. The number of aromatic nitrogens is 3. The number of benzene rings is 1. The Morgan fingerprint density at radius 2 is 1.86 bits per heavy atom. The molecule has 144 valence electrons. The third-order valence-corrected chi connectivity index (χ3v) is 6.65. The quantitative estimate of drug-likeness (QED) is 0.714. The van der Waals surface area contributed by atoms with Gasteiger partial charge in [-0.2, -0.15) is 4.31 Å². The Bertz CT molecular complexity index is 1030. The summed E-state index contributed by atoms with van der Waals surface area (Å²) in [6.07, 6.45) is 6.56. The molecule has 2 aromatic heterocycles. The summed E-state index contributed by atoms with van der Waals surface area (Å²) >= 11 is 0. The van der Waals surface area contributed by atoms with E-state index in [1.54, 1.807) is 47.2 Å². The van der Waals surface area contributed by atoms with Crippen molar-refractivity contribution in [2.45, 2.75) is 23.7 Å². The number of hydrogen-bond acceptors (Lipinski definition) is 6. The molecule has 0 spiro atoms.